The zero-order valence-electron chi connectivity index (χ0n) is 8.47. The minimum atomic E-state index is -0.351. The number of carbonyl (C=O) groups is 1. The summed E-state index contributed by atoms with van der Waals surface area (Å²) in [5.41, 5.74) is 7.14. The molecule has 4 heteroatoms. The second-order valence-corrected chi connectivity index (χ2v) is 2.71. The molecule has 1 aromatic carbocycles. The van der Waals surface area contributed by atoms with Crippen molar-refractivity contribution in [2.45, 2.75) is 6.92 Å². The van der Waals surface area contributed by atoms with E-state index in [1.165, 1.54) is 6.08 Å². The van der Waals surface area contributed by atoms with Gasteiger partial charge in [0.1, 0.15) is 0 Å². The number of halogens is 1. The van der Waals surface area contributed by atoms with Crippen LogP contribution in [0.25, 0.3) is 6.08 Å². The Morgan fingerprint density at radius 1 is 1.47 bits per heavy atom. The van der Waals surface area contributed by atoms with Crippen LogP contribution < -0.4 is 5.73 Å². The van der Waals surface area contributed by atoms with Gasteiger partial charge >= 0.3 is 5.97 Å². The molecule has 0 aromatic heterocycles. The van der Waals surface area contributed by atoms with Gasteiger partial charge in [0.2, 0.25) is 0 Å². The molecule has 0 amide bonds. The normalized spacial score (nSPS) is 9.67. The van der Waals surface area contributed by atoms with E-state index in [0.29, 0.717) is 12.3 Å². The van der Waals surface area contributed by atoms with Crippen LogP contribution in [0.3, 0.4) is 0 Å². The van der Waals surface area contributed by atoms with E-state index < -0.39 is 0 Å². The first-order valence-electron chi connectivity index (χ1n) is 4.43. The summed E-state index contributed by atoms with van der Waals surface area (Å²) in [6, 6.07) is 7.33. The van der Waals surface area contributed by atoms with Crippen LogP contribution in [0.5, 0.6) is 0 Å². The summed E-state index contributed by atoms with van der Waals surface area (Å²) in [6.45, 7) is 2.15. The van der Waals surface area contributed by atoms with E-state index in [0.717, 1.165) is 5.56 Å². The fraction of sp³-hybridized carbons (Fsp3) is 0.182. The molecule has 1 rings (SSSR count). The van der Waals surface area contributed by atoms with Crippen molar-refractivity contribution >= 4 is 30.1 Å². The first kappa shape index (κ1) is 13.5. The number of nitrogens with two attached hydrogens (primary N) is 1. The Morgan fingerprint density at radius 2 is 2.13 bits per heavy atom. The van der Waals surface area contributed by atoms with Crippen LogP contribution >= 0.6 is 12.4 Å². The Balaban J connectivity index is 0.00000196. The molecule has 15 heavy (non-hydrogen) atoms. The lowest BCUT2D eigenvalue weighted by Crippen LogP contribution is -1.98. The summed E-state index contributed by atoms with van der Waals surface area (Å²) in [6.07, 6.45) is 3.02. The molecule has 0 fully saturated rings. The Hall–Kier alpha value is -1.48. The van der Waals surface area contributed by atoms with Gasteiger partial charge in [-0.15, -0.1) is 12.4 Å². The number of anilines is 1. The van der Waals surface area contributed by atoms with Gasteiger partial charge in [0.25, 0.3) is 0 Å². The molecule has 0 atom stereocenters. The van der Waals surface area contributed by atoms with Crippen molar-refractivity contribution in [2.75, 3.05) is 12.3 Å². The molecule has 82 valence electrons. The third-order valence-electron chi connectivity index (χ3n) is 1.68. The standard InChI is InChI=1S/C11H13NO2.ClH/c1-2-14-11(13)8-7-9-5-3-4-6-10(9)12;/h3-8H,2,12H2,1H3;1H/b8-7+;. The summed E-state index contributed by atoms with van der Waals surface area (Å²) in [4.78, 5) is 11.0. The van der Waals surface area contributed by atoms with Gasteiger partial charge in [0, 0.05) is 11.8 Å². The van der Waals surface area contributed by atoms with Crippen LogP contribution in [0.4, 0.5) is 5.69 Å². The summed E-state index contributed by atoms with van der Waals surface area (Å²) in [7, 11) is 0. The number of ether oxygens (including phenoxy) is 1. The molecule has 0 radical (unpaired) electrons. The molecule has 0 heterocycles. The second-order valence-electron chi connectivity index (χ2n) is 2.71. The van der Waals surface area contributed by atoms with Crippen molar-refractivity contribution in [3.05, 3.63) is 35.9 Å². The Morgan fingerprint density at radius 3 is 2.73 bits per heavy atom. The smallest absolute Gasteiger partial charge is 0.330 e. The van der Waals surface area contributed by atoms with Crippen LogP contribution in [-0.4, -0.2) is 12.6 Å². The molecule has 0 aliphatic carbocycles. The monoisotopic (exact) mass is 227 g/mol. The number of hydrogen-bond donors (Lipinski definition) is 1. The van der Waals surface area contributed by atoms with Crippen molar-refractivity contribution < 1.29 is 9.53 Å². The summed E-state index contributed by atoms with van der Waals surface area (Å²) < 4.78 is 4.74. The first-order valence-corrected chi connectivity index (χ1v) is 4.43. The third kappa shape index (κ3) is 4.51. The van der Waals surface area contributed by atoms with Gasteiger partial charge in [-0.05, 0) is 24.6 Å². The highest BCUT2D eigenvalue weighted by molar-refractivity contribution is 5.88. The third-order valence-corrected chi connectivity index (χ3v) is 1.68. The van der Waals surface area contributed by atoms with E-state index in [4.69, 9.17) is 10.5 Å². The maximum atomic E-state index is 11.0. The fourth-order valence-corrected chi connectivity index (χ4v) is 1.01. The van der Waals surface area contributed by atoms with Crippen molar-refractivity contribution in [1.82, 2.24) is 0 Å². The van der Waals surface area contributed by atoms with E-state index in [1.54, 1.807) is 19.1 Å². The van der Waals surface area contributed by atoms with Gasteiger partial charge in [-0.25, -0.2) is 4.79 Å². The topological polar surface area (TPSA) is 52.3 Å². The van der Waals surface area contributed by atoms with Crippen molar-refractivity contribution in [1.29, 1.82) is 0 Å². The average Bonchev–Trinajstić information content (AvgIpc) is 2.17. The molecule has 1 aromatic rings. The van der Waals surface area contributed by atoms with Gasteiger partial charge in [-0.2, -0.15) is 0 Å². The predicted octanol–water partition coefficient (Wildman–Crippen LogP) is 2.27. The highest BCUT2D eigenvalue weighted by atomic mass is 35.5. The molecular formula is C11H14ClNO2. The average molecular weight is 228 g/mol. The van der Waals surface area contributed by atoms with Gasteiger partial charge in [0.05, 0.1) is 6.61 Å². The maximum absolute atomic E-state index is 11.0. The highest BCUT2D eigenvalue weighted by Gasteiger charge is 1.95. The van der Waals surface area contributed by atoms with Gasteiger partial charge in [0.15, 0.2) is 0 Å². The van der Waals surface area contributed by atoms with Gasteiger partial charge in [-0.3, -0.25) is 0 Å². The lowest BCUT2D eigenvalue weighted by molar-refractivity contribution is -0.137. The SMILES string of the molecule is CCOC(=O)/C=C/c1ccccc1N.Cl. The second kappa shape index (κ2) is 6.90. The van der Waals surface area contributed by atoms with Crippen molar-refractivity contribution in [3.8, 4) is 0 Å². The number of rotatable bonds is 3. The Bertz CT molecular complexity index is 350. The Labute approximate surface area is 95.3 Å². The highest BCUT2D eigenvalue weighted by Crippen LogP contribution is 2.11. The quantitative estimate of drug-likeness (QED) is 0.490. The van der Waals surface area contributed by atoms with Crippen molar-refractivity contribution in [2.24, 2.45) is 0 Å². The minimum absolute atomic E-state index is 0. The zero-order chi connectivity index (χ0) is 10.4. The Kier molecular flexibility index (Phi) is 6.22. The van der Waals surface area contributed by atoms with E-state index in [9.17, 15) is 4.79 Å². The van der Waals surface area contributed by atoms with E-state index in [2.05, 4.69) is 0 Å². The minimum Gasteiger partial charge on any atom is -0.463 e. The summed E-state index contributed by atoms with van der Waals surface area (Å²) in [5.74, 6) is -0.351. The van der Waals surface area contributed by atoms with Crippen molar-refractivity contribution in [3.63, 3.8) is 0 Å². The molecule has 2 N–H and O–H groups in total. The number of hydrogen-bond acceptors (Lipinski definition) is 3. The number of esters is 1. The largest absolute Gasteiger partial charge is 0.463 e. The summed E-state index contributed by atoms with van der Waals surface area (Å²) >= 11 is 0. The number of benzene rings is 1. The lowest BCUT2D eigenvalue weighted by atomic mass is 10.2. The lowest BCUT2D eigenvalue weighted by Gasteiger charge is -1.98. The van der Waals surface area contributed by atoms with Crippen LogP contribution in [0, 0.1) is 0 Å². The van der Waals surface area contributed by atoms with Gasteiger partial charge in [-0.1, -0.05) is 18.2 Å². The molecule has 0 saturated carbocycles. The molecule has 0 bridgehead atoms. The van der Waals surface area contributed by atoms with E-state index >= 15 is 0 Å². The van der Waals surface area contributed by atoms with E-state index in [-0.39, 0.29) is 18.4 Å². The number of para-hydroxylation sites is 1. The van der Waals surface area contributed by atoms with Gasteiger partial charge < -0.3 is 10.5 Å². The van der Waals surface area contributed by atoms with Crippen LogP contribution in [-0.2, 0) is 9.53 Å². The van der Waals surface area contributed by atoms with Crippen LogP contribution in [0.15, 0.2) is 30.3 Å². The van der Waals surface area contributed by atoms with Crippen LogP contribution in [0.2, 0.25) is 0 Å². The molecule has 0 unspecified atom stereocenters. The number of nitrogen functional groups attached to an aromatic ring is 1. The molecular weight excluding hydrogens is 214 g/mol. The molecule has 0 spiro atoms. The zero-order valence-corrected chi connectivity index (χ0v) is 9.29. The predicted molar refractivity (Wildman–Crippen MR) is 63.8 cm³/mol. The fourth-order valence-electron chi connectivity index (χ4n) is 1.01. The molecule has 0 aliphatic rings. The molecule has 3 nitrogen and oxygen atoms in total. The van der Waals surface area contributed by atoms with E-state index in [1.807, 2.05) is 18.2 Å². The number of carbonyl (C=O) groups excluding carboxylic acids is 1. The molecule has 0 aliphatic heterocycles. The first-order chi connectivity index (χ1) is 6.74. The van der Waals surface area contributed by atoms with Crippen LogP contribution in [0.1, 0.15) is 12.5 Å². The summed E-state index contributed by atoms with van der Waals surface area (Å²) in [5, 5.41) is 0. The molecule has 0 saturated heterocycles. The maximum Gasteiger partial charge on any atom is 0.330 e.